The summed E-state index contributed by atoms with van der Waals surface area (Å²) < 4.78 is 24.2. The lowest BCUT2D eigenvalue weighted by molar-refractivity contribution is -0.151. The Balaban J connectivity index is 2.14. The van der Waals surface area contributed by atoms with Gasteiger partial charge in [-0.1, -0.05) is 13.0 Å². The summed E-state index contributed by atoms with van der Waals surface area (Å²) in [6.07, 6.45) is 1.93. The molecule has 4 nitrogen and oxygen atoms in total. The van der Waals surface area contributed by atoms with E-state index in [1.54, 1.807) is 19.1 Å². The van der Waals surface area contributed by atoms with Crippen LogP contribution in [0, 0.1) is 18.7 Å². The molecule has 1 aromatic carbocycles. The summed E-state index contributed by atoms with van der Waals surface area (Å²) >= 11 is 0. The lowest BCUT2D eigenvalue weighted by Gasteiger charge is -2.31. The summed E-state index contributed by atoms with van der Waals surface area (Å²) in [5.41, 5.74) is -0.277. The second kappa shape index (κ2) is 6.43. The number of aryl methyl sites for hydroxylation is 1. The van der Waals surface area contributed by atoms with Gasteiger partial charge in [-0.2, -0.15) is 0 Å². The van der Waals surface area contributed by atoms with Crippen molar-refractivity contribution in [3.05, 3.63) is 29.6 Å². The number of benzene rings is 1. The highest BCUT2D eigenvalue weighted by molar-refractivity contribution is 5.82. The van der Waals surface area contributed by atoms with Crippen LogP contribution in [-0.4, -0.2) is 31.8 Å². The van der Waals surface area contributed by atoms with Gasteiger partial charge in [-0.05, 0) is 43.9 Å². The molecule has 1 saturated carbocycles. The SMILES string of the molecule is CCNC(COc1ccc(C)c(F)c1)(C(=O)OC)C1CC1. The van der Waals surface area contributed by atoms with Crippen LogP contribution in [0.2, 0.25) is 0 Å². The number of methoxy groups -OCH3 is 1. The summed E-state index contributed by atoms with van der Waals surface area (Å²) in [7, 11) is 1.38. The van der Waals surface area contributed by atoms with E-state index in [1.807, 2.05) is 6.92 Å². The summed E-state index contributed by atoms with van der Waals surface area (Å²) in [5.74, 6) is -0.00407. The van der Waals surface area contributed by atoms with Crippen LogP contribution in [0.25, 0.3) is 0 Å². The molecule has 1 aromatic rings. The van der Waals surface area contributed by atoms with Gasteiger partial charge in [-0.25, -0.2) is 9.18 Å². The van der Waals surface area contributed by atoms with Crippen molar-refractivity contribution in [1.82, 2.24) is 5.32 Å². The van der Waals surface area contributed by atoms with Crippen LogP contribution in [0.4, 0.5) is 4.39 Å². The van der Waals surface area contributed by atoms with E-state index in [0.717, 1.165) is 12.8 Å². The molecule has 2 rings (SSSR count). The molecule has 1 aliphatic carbocycles. The Kier molecular flexibility index (Phi) is 4.83. The standard InChI is InChI=1S/C16H22FNO3/c1-4-18-16(12-6-7-12,15(19)20-3)10-21-13-8-5-11(2)14(17)9-13/h5,8-9,12,18H,4,6-7,10H2,1-3H3. The Morgan fingerprint density at radius 2 is 2.19 bits per heavy atom. The van der Waals surface area contributed by atoms with E-state index in [-0.39, 0.29) is 24.3 Å². The predicted octanol–water partition coefficient (Wildman–Crippen LogP) is 2.44. The fourth-order valence-corrected chi connectivity index (χ4v) is 2.55. The number of esters is 1. The number of hydrogen-bond acceptors (Lipinski definition) is 4. The minimum absolute atomic E-state index is 0.140. The summed E-state index contributed by atoms with van der Waals surface area (Å²) in [6, 6.07) is 4.71. The van der Waals surface area contributed by atoms with Gasteiger partial charge < -0.3 is 9.47 Å². The molecule has 0 spiro atoms. The molecule has 0 saturated heterocycles. The van der Waals surface area contributed by atoms with E-state index in [0.29, 0.717) is 17.9 Å². The van der Waals surface area contributed by atoms with E-state index in [2.05, 4.69) is 5.32 Å². The first kappa shape index (κ1) is 15.8. The van der Waals surface area contributed by atoms with Crippen LogP contribution in [0.3, 0.4) is 0 Å². The third-order valence-corrected chi connectivity index (χ3v) is 3.93. The van der Waals surface area contributed by atoms with E-state index >= 15 is 0 Å². The van der Waals surface area contributed by atoms with Crippen LogP contribution in [-0.2, 0) is 9.53 Å². The zero-order chi connectivity index (χ0) is 15.5. The molecule has 0 aliphatic heterocycles. The monoisotopic (exact) mass is 295 g/mol. The molecule has 1 unspecified atom stereocenters. The van der Waals surface area contributed by atoms with Crippen molar-refractivity contribution < 1.29 is 18.7 Å². The number of carbonyl (C=O) groups is 1. The largest absolute Gasteiger partial charge is 0.491 e. The first-order chi connectivity index (χ1) is 10.0. The summed E-state index contributed by atoms with van der Waals surface area (Å²) in [5, 5.41) is 3.21. The lowest BCUT2D eigenvalue weighted by Crippen LogP contribution is -2.58. The second-order valence-electron chi connectivity index (χ2n) is 5.47. The fraction of sp³-hybridized carbons (Fsp3) is 0.562. The molecule has 0 heterocycles. The Morgan fingerprint density at radius 1 is 1.48 bits per heavy atom. The van der Waals surface area contributed by atoms with Crippen LogP contribution >= 0.6 is 0 Å². The van der Waals surface area contributed by atoms with Gasteiger partial charge in [0.15, 0.2) is 5.54 Å². The molecule has 116 valence electrons. The predicted molar refractivity (Wildman–Crippen MR) is 77.8 cm³/mol. The van der Waals surface area contributed by atoms with Crippen molar-refractivity contribution in [1.29, 1.82) is 0 Å². The maximum absolute atomic E-state index is 13.6. The van der Waals surface area contributed by atoms with Gasteiger partial charge in [-0.3, -0.25) is 5.32 Å². The Labute approximate surface area is 124 Å². The van der Waals surface area contributed by atoms with Crippen molar-refractivity contribution in [3.8, 4) is 5.75 Å². The molecule has 0 amide bonds. The summed E-state index contributed by atoms with van der Waals surface area (Å²) in [6.45, 7) is 4.41. The number of hydrogen-bond donors (Lipinski definition) is 1. The average molecular weight is 295 g/mol. The van der Waals surface area contributed by atoms with Crippen LogP contribution in [0.5, 0.6) is 5.75 Å². The number of rotatable bonds is 7. The normalized spacial score (nSPS) is 17.1. The molecular weight excluding hydrogens is 273 g/mol. The van der Waals surface area contributed by atoms with Gasteiger partial charge in [-0.15, -0.1) is 0 Å². The molecule has 1 atom stereocenters. The molecule has 1 N–H and O–H groups in total. The van der Waals surface area contributed by atoms with Gasteiger partial charge in [0.2, 0.25) is 0 Å². The number of nitrogens with one attached hydrogen (secondary N) is 1. The van der Waals surface area contributed by atoms with Crippen LogP contribution in [0.15, 0.2) is 18.2 Å². The molecular formula is C16H22FNO3. The van der Waals surface area contributed by atoms with Crippen molar-refractivity contribution >= 4 is 5.97 Å². The molecule has 21 heavy (non-hydrogen) atoms. The molecule has 1 fully saturated rings. The highest BCUT2D eigenvalue weighted by atomic mass is 19.1. The maximum atomic E-state index is 13.6. The van der Waals surface area contributed by atoms with E-state index in [9.17, 15) is 9.18 Å². The fourth-order valence-electron chi connectivity index (χ4n) is 2.55. The highest BCUT2D eigenvalue weighted by Gasteiger charge is 2.52. The Hall–Kier alpha value is -1.62. The van der Waals surface area contributed by atoms with Crippen molar-refractivity contribution in [2.24, 2.45) is 5.92 Å². The number of likely N-dealkylation sites (N-methyl/N-ethyl adjacent to an activating group) is 1. The van der Waals surface area contributed by atoms with Gasteiger partial charge in [0.25, 0.3) is 0 Å². The summed E-state index contributed by atoms with van der Waals surface area (Å²) in [4.78, 5) is 12.2. The molecule has 0 radical (unpaired) electrons. The molecule has 5 heteroatoms. The van der Waals surface area contributed by atoms with Gasteiger partial charge in [0.05, 0.1) is 7.11 Å². The second-order valence-corrected chi connectivity index (χ2v) is 5.47. The third-order valence-electron chi connectivity index (χ3n) is 3.93. The van der Waals surface area contributed by atoms with Crippen molar-refractivity contribution in [2.75, 3.05) is 20.3 Å². The average Bonchev–Trinajstić information content (AvgIpc) is 3.31. The zero-order valence-corrected chi connectivity index (χ0v) is 12.7. The maximum Gasteiger partial charge on any atom is 0.329 e. The van der Waals surface area contributed by atoms with Crippen LogP contribution in [0.1, 0.15) is 25.3 Å². The third kappa shape index (κ3) is 3.35. The first-order valence-corrected chi connectivity index (χ1v) is 7.26. The number of carbonyl (C=O) groups excluding carboxylic acids is 1. The number of halogens is 1. The molecule has 0 bridgehead atoms. The zero-order valence-electron chi connectivity index (χ0n) is 12.7. The van der Waals surface area contributed by atoms with Gasteiger partial charge in [0, 0.05) is 6.07 Å². The van der Waals surface area contributed by atoms with Crippen molar-refractivity contribution in [2.45, 2.75) is 32.2 Å². The smallest absolute Gasteiger partial charge is 0.329 e. The molecule has 1 aliphatic rings. The first-order valence-electron chi connectivity index (χ1n) is 7.26. The topological polar surface area (TPSA) is 47.6 Å². The van der Waals surface area contributed by atoms with E-state index in [1.165, 1.54) is 13.2 Å². The van der Waals surface area contributed by atoms with Crippen LogP contribution < -0.4 is 10.1 Å². The number of ether oxygens (including phenoxy) is 2. The highest BCUT2D eigenvalue weighted by Crippen LogP contribution is 2.41. The Bertz CT molecular complexity index is 516. The minimum atomic E-state index is -0.842. The lowest BCUT2D eigenvalue weighted by atomic mass is 9.94. The van der Waals surface area contributed by atoms with Gasteiger partial charge >= 0.3 is 5.97 Å². The van der Waals surface area contributed by atoms with Crippen molar-refractivity contribution in [3.63, 3.8) is 0 Å². The van der Waals surface area contributed by atoms with E-state index < -0.39 is 5.54 Å². The quantitative estimate of drug-likeness (QED) is 0.785. The Morgan fingerprint density at radius 3 is 2.71 bits per heavy atom. The van der Waals surface area contributed by atoms with E-state index in [4.69, 9.17) is 9.47 Å². The molecule has 0 aromatic heterocycles. The van der Waals surface area contributed by atoms with Gasteiger partial charge in [0.1, 0.15) is 18.2 Å². The minimum Gasteiger partial charge on any atom is -0.491 e.